The van der Waals surface area contributed by atoms with Crippen molar-refractivity contribution in [1.82, 2.24) is 19.7 Å². The van der Waals surface area contributed by atoms with Crippen molar-refractivity contribution >= 4 is 34.3 Å². The summed E-state index contributed by atoms with van der Waals surface area (Å²) in [4.78, 5) is 22.3. The third kappa shape index (κ3) is 5.38. The molecule has 0 N–H and O–H groups in total. The van der Waals surface area contributed by atoms with Crippen molar-refractivity contribution in [1.29, 1.82) is 0 Å². The van der Waals surface area contributed by atoms with Crippen molar-refractivity contribution in [2.45, 2.75) is 56.5 Å². The maximum Gasteiger partial charge on any atom is 0.262 e. The lowest BCUT2D eigenvalue weighted by molar-refractivity contribution is 0.189. The van der Waals surface area contributed by atoms with Crippen molar-refractivity contribution in [3.05, 3.63) is 45.3 Å². The van der Waals surface area contributed by atoms with E-state index in [-0.39, 0.29) is 10.8 Å². The van der Waals surface area contributed by atoms with Crippen LogP contribution in [0, 0.1) is 0 Å². The van der Waals surface area contributed by atoms with Gasteiger partial charge in [0.05, 0.1) is 16.2 Å². The number of aromatic nitrogens is 4. The van der Waals surface area contributed by atoms with E-state index in [1.54, 1.807) is 29.9 Å². The number of benzene rings is 1. The van der Waals surface area contributed by atoms with Crippen LogP contribution in [0.5, 0.6) is 0 Å². The Labute approximate surface area is 178 Å². The minimum absolute atomic E-state index is 0.0911. The Hall–Kier alpha value is -1.90. The highest BCUT2D eigenvalue weighted by Gasteiger charge is 2.20. The summed E-state index contributed by atoms with van der Waals surface area (Å²) in [6.45, 7) is 5.17. The van der Waals surface area contributed by atoms with Gasteiger partial charge in [-0.25, -0.2) is 4.98 Å². The van der Waals surface area contributed by atoms with Crippen LogP contribution in [-0.4, -0.2) is 33.4 Å². The van der Waals surface area contributed by atoms with Crippen LogP contribution in [0.2, 0.25) is 5.02 Å². The number of thioether (sulfide) groups is 1. The monoisotopic (exact) mass is 436 g/mol. The molecule has 0 bridgehead atoms. The van der Waals surface area contributed by atoms with Crippen LogP contribution in [0.1, 0.15) is 50.1 Å². The van der Waals surface area contributed by atoms with E-state index in [1.807, 2.05) is 6.92 Å². The summed E-state index contributed by atoms with van der Waals surface area (Å²) in [5, 5.41) is 5.60. The number of nitrogens with zero attached hydrogens (tertiary/aromatic N) is 4. The van der Waals surface area contributed by atoms with Crippen molar-refractivity contribution in [3.8, 4) is 0 Å². The molecule has 3 aromatic rings. The first-order valence-corrected chi connectivity index (χ1v) is 11.0. The quantitative estimate of drug-likeness (QED) is 0.259. The van der Waals surface area contributed by atoms with Crippen LogP contribution in [0.3, 0.4) is 0 Å². The molecular formula is C20H25ClN4O3S. The topological polar surface area (TPSA) is 83.0 Å². The normalized spacial score (nSPS) is 12.6. The largest absolute Gasteiger partial charge is 0.385 e. The maximum atomic E-state index is 13.1. The highest BCUT2D eigenvalue weighted by Crippen LogP contribution is 2.33. The molecule has 0 radical (unpaired) electrons. The molecule has 2 aromatic heterocycles. The van der Waals surface area contributed by atoms with Crippen LogP contribution in [0.15, 0.2) is 32.7 Å². The third-order valence-corrected chi connectivity index (χ3v) is 5.79. The van der Waals surface area contributed by atoms with Crippen molar-refractivity contribution in [2.24, 2.45) is 0 Å². The second-order valence-corrected chi connectivity index (χ2v) is 8.52. The molecule has 0 saturated heterocycles. The fraction of sp³-hybridized carbons (Fsp3) is 0.500. The van der Waals surface area contributed by atoms with E-state index in [0.29, 0.717) is 52.4 Å². The number of ether oxygens (including phenoxy) is 1. The average Bonchev–Trinajstić information content (AvgIpc) is 3.17. The fourth-order valence-electron chi connectivity index (χ4n) is 2.91. The molecule has 0 aliphatic carbocycles. The Balaban J connectivity index is 1.92. The molecule has 0 unspecified atom stereocenters. The number of unbranched alkanes of at least 4 members (excludes halogenated alkanes) is 1. The molecule has 1 aromatic carbocycles. The zero-order chi connectivity index (χ0) is 20.8. The maximum absolute atomic E-state index is 13.1. The van der Waals surface area contributed by atoms with Gasteiger partial charge in [-0.3, -0.25) is 9.36 Å². The minimum atomic E-state index is -0.143. The van der Waals surface area contributed by atoms with Gasteiger partial charge in [0.2, 0.25) is 5.89 Å². The Bertz CT molecular complexity index is 1020. The number of aryl methyl sites for hydroxylation is 1. The molecule has 3 rings (SSSR count). The summed E-state index contributed by atoms with van der Waals surface area (Å²) in [5.41, 5.74) is 0.487. The van der Waals surface area contributed by atoms with Crippen LogP contribution in [0.25, 0.3) is 10.9 Å². The lowest BCUT2D eigenvalue weighted by Crippen LogP contribution is -2.24. The Kier molecular flexibility index (Phi) is 7.69. The van der Waals surface area contributed by atoms with E-state index >= 15 is 0 Å². The van der Waals surface area contributed by atoms with Gasteiger partial charge >= 0.3 is 0 Å². The van der Waals surface area contributed by atoms with Crippen LogP contribution >= 0.6 is 23.4 Å². The lowest BCUT2D eigenvalue weighted by Gasteiger charge is -2.14. The van der Waals surface area contributed by atoms with E-state index in [2.05, 4.69) is 17.1 Å². The summed E-state index contributed by atoms with van der Waals surface area (Å²) in [7, 11) is 1.65. The Morgan fingerprint density at radius 1 is 1.31 bits per heavy atom. The molecule has 0 spiro atoms. The molecule has 1 atom stereocenters. The van der Waals surface area contributed by atoms with E-state index in [9.17, 15) is 4.79 Å². The number of hydrogen-bond donors (Lipinski definition) is 0. The van der Waals surface area contributed by atoms with Gasteiger partial charge in [-0.2, -0.15) is 4.98 Å². The number of methoxy groups -OCH3 is 1. The number of rotatable bonds is 10. The zero-order valence-electron chi connectivity index (χ0n) is 16.9. The first-order chi connectivity index (χ1) is 14.0. The van der Waals surface area contributed by atoms with Crippen LogP contribution in [-0.2, 0) is 17.7 Å². The predicted octanol–water partition coefficient (Wildman–Crippen LogP) is 4.67. The molecule has 0 saturated carbocycles. The molecule has 2 heterocycles. The lowest BCUT2D eigenvalue weighted by atomic mass is 10.2. The smallest absolute Gasteiger partial charge is 0.262 e. The van der Waals surface area contributed by atoms with Gasteiger partial charge in [0.15, 0.2) is 11.0 Å². The van der Waals surface area contributed by atoms with Crippen molar-refractivity contribution in [2.75, 3.05) is 13.7 Å². The average molecular weight is 437 g/mol. The fourth-order valence-corrected chi connectivity index (χ4v) is 4.04. The second-order valence-electron chi connectivity index (χ2n) is 6.77. The molecule has 0 aliphatic heterocycles. The summed E-state index contributed by atoms with van der Waals surface area (Å²) < 4.78 is 12.3. The van der Waals surface area contributed by atoms with Gasteiger partial charge in [-0.05, 0) is 38.0 Å². The minimum Gasteiger partial charge on any atom is -0.385 e. The SMILES string of the molecule is CCCCc1noc([C@H](C)Sc2nc3cc(Cl)ccc3c(=O)n2CCCOC)n1. The molecule has 9 heteroatoms. The third-order valence-electron chi connectivity index (χ3n) is 4.48. The van der Waals surface area contributed by atoms with Gasteiger partial charge in [-0.1, -0.05) is 41.9 Å². The molecule has 0 amide bonds. The summed E-state index contributed by atoms with van der Waals surface area (Å²) in [6, 6.07) is 5.13. The standard InChI is InChI=1S/C20H25ClN4O3S/c1-4-5-7-17-23-18(28-24-17)13(2)29-20-22-16-12-14(21)8-9-15(16)19(26)25(20)10-6-11-27-3/h8-9,12-13H,4-7,10-11H2,1-3H3/t13-/m0/s1. The van der Waals surface area contributed by atoms with Crippen LogP contribution < -0.4 is 5.56 Å². The second kappa shape index (κ2) is 10.2. The van der Waals surface area contributed by atoms with Gasteiger partial charge in [0, 0.05) is 31.7 Å². The molecule has 0 aliphatic rings. The Morgan fingerprint density at radius 3 is 2.90 bits per heavy atom. The Morgan fingerprint density at radius 2 is 2.14 bits per heavy atom. The first kappa shape index (κ1) is 21.8. The molecule has 156 valence electrons. The summed E-state index contributed by atoms with van der Waals surface area (Å²) in [5.74, 6) is 1.25. The van der Waals surface area contributed by atoms with Gasteiger partial charge < -0.3 is 9.26 Å². The van der Waals surface area contributed by atoms with Gasteiger partial charge in [0.25, 0.3) is 5.56 Å². The highest BCUT2D eigenvalue weighted by molar-refractivity contribution is 7.99. The van der Waals surface area contributed by atoms with E-state index in [4.69, 9.17) is 25.8 Å². The van der Waals surface area contributed by atoms with E-state index in [1.165, 1.54) is 11.8 Å². The summed E-state index contributed by atoms with van der Waals surface area (Å²) >= 11 is 7.53. The van der Waals surface area contributed by atoms with Crippen molar-refractivity contribution in [3.63, 3.8) is 0 Å². The highest BCUT2D eigenvalue weighted by atomic mass is 35.5. The predicted molar refractivity (Wildman–Crippen MR) is 115 cm³/mol. The summed E-state index contributed by atoms with van der Waals surface area (Å²) in [6.07, 6.45) is 3.60. The number of hydrogen-bond acceptors (Lipinski definition) is 7. The van der Waals surface area contributed by atoms with Crippen LogP contribution in [0.4, 0.5) is 0 Å². The molecule has 29 heavy (non-hydrogen) atoms. The van der Waals surface area contributed by atoms with Gasteiger partial charge in [-0.15, -0.1) is 0 Å². The zero-order valence-corrected chi connectivity index (χ0v) is 18.4. The molecule has 0 fully saturated rings. The van der Waals surface area contributed by atoms with E-state index in [0.717, 1.165) is 19.3 Å². The number of halogens is 1. The van der Waals surface area contributed by atoms with Crippen molar-refractivity contribution < 1.29 is 9.26 Å². The van der Waals surface area contributed by atoms with Gasteiger partial charge in [0.1, 0.15) is 0 Å². The molecular weight excluding hydrogens is 412 g/mol. The number of fused-ring (bicyclic) bond motifs is 1. The first-order valence-electron chi connectivity index (χ1n) is 9.71. The molecule has 7 nitrogen and oxygen atoms in total. The van der Waals surface area contributed by atoms with E-state index < -0.39 is 0 Å².